The highest BCUT2D eigenvalue weighted by Crippen LogP contribution is 2.14. The van der Waals surface area contributed by atoms with E-state index in [9.17, 15) is 5.11 Å². The third-order valence-electron chi connectivity index (χ3n) is 2.10. The Balaban J connectivity index is 2.35. The standard InChI is InChI=1S/C7H15NO/c1-3-8-4-6(2)7(9)5-8/h6-7,9H,3-5H2,1-2H3/t6-,7-/m0/s1. The summed E-state index contributed by atoms with van der Waals surface area (Å²) in [5.41, 5.74) is 0. The minimum Gasteiger partial charge on any atom is -0.391 e. The van der Waals surface area contributed by atoms with Gasteiger partial charge in [-0.25, -0.2) is 0 Å². The number of rotatable bonds is 1. The van der Waals surface area contributed by atoms with E-state index in [1.54, 1.807) is 0 Å². The van der Waals surface area contributed by atoms with E-state index in [0.29, 0.717) is 5.92 Å². The molecule has 1 aliphatic heterocycles. The highest BCUT2D eigenvalue weighted by atomic mass is 16.3. The van der Waals surface area contributed by atoms with Gasteiger partial charge in [-0.15, -0.1) is 0 Å². The van der Waals surface area contributed by atoms with Crippen molar-refractivity contribution in [2.24, 2.45) is 5.92 Å². The van der Waals surface area contributed by atoms with Gasteiger partial charge in [-0.1, -0.05) is 13.8 Å². The Morgan fingerprint density at radius 2 is 2.22 bits per heavy atom. The van der Waals surface area contributed by atoms with Crippen molar-refractivity contribution in [2.75, 3.05) is 19.6 Å². The van der Waals surface area contributed by atoms with Crippen molar-refractivity contribution in [1.29, 1.82) is 0 Å². The van der Waals surface area contributed by atoms with Gasteiger partial charge in [0, 0.05) is 13.1 Å². The van der Waals surface area contributed by atoms with Crippen LogP contribution in [-0.2, 0) is 0 Å². The van der Waals surface area contributed by atoms with Crippen LogP contribution < -0.4 is 0 Å². The summed E-state index contributed by atoms with van der Waals surface area (Å²) in [4.78, 5) is 2.27. The fraction of sp³-hybridized carbons (Fsp3) is 1.00. The maximum absolute atomic E-state index is 9.26. The van der Waals surface area contributed by atoms with Crippen molar-refractivity contribution in [3.05, 3.63) is 0 Å². The smallest absolute Gasteiger partial charge is 0.0704 e. The summed E-state index contributed by atoms with van der Waals surface area (Å²) in [5.74, 6) is 0.477. The molecule has 1 fully saturated rings. The topological polar surface area (TPSA) is 23.5 Å². The van der Waals surface area contributed by atoms with Crippen LogP contribution in [0.2, 0.25) is 0 Å². The molecule has 0 radical (unpaired) electrons. The van der Waals surface area contributed by atoms with Gasteiger partial charge in [0.05, 0.1) is 6.10 Å². The molecule has 1 heterocycles. The van der Waals surface area contributed by atoms with Gasteiger partial charge in [0.25, 0.3) is 0 Å². The molecular weight excluding hydrogens is 114 g/mol. The van der Waals surface area contributed by atoms with Gasteiger partial charge in [-0.3, -0.25) is 0 Å². The first-order valence-electron chi connectivity index (χ1n) is 3.64. The summed E-state index contributed by atoms with van der Waals surface area (Å²) in [7, 11) is 0. The second kappa shape index (κ2) is 2.67. The highest BCUT2D eigenvalue weighted by molar-refractivity contribution is 4.79. The lowest BCUT2D eigenvalue weighted by atomic mass is 10.1. The second-order valence-corrected chi connectivity index (χ2v) is 2.90. The molecule has 0 aliphatic carbocycles. The SMILES string of the molecule is CCN1C[C@H](C)[C@@H](O)C1. The number of likely N-dealkylation sites (tertiary alicyclic amines) is 1. The van der Waals surface area contributed by atoms with Gasteiger partial charge >= 0.3 is 0 Å². The molecule has 2 heteroatoms. The van der Waals surface area contributed by atoms with E-state index in [-0.39, 0.29) is 6.10 Å². The van der Waals surface area contributed by atoms with E-state index >= 15 is 0 Å². The van der Waals surface area contributed by atoms with Crippen molar-refractivity contribution in [2.45, 2.75) is 20.0 Å². The zero-order valence-corrected chi connectivity index (χ0v) is 6.17. The molecule has 0 aromatic carbocycles. The lowest BCUT2D eigenvalue weighted by molar-refractivity contribution is 0.149. The molecule has 0 unspecified atom stereocenters. The lowest BCUT2D eigenvalue weighted by Crippen LogP contribution is -2.21. The average molecular weight is 129 g/mol. The second-order valence-electron chi connectivity index (χ2n) is 2.90. The quantitative estimate of drug-likeness (QED) is 0.551. The zero-order chi connectivity index (χ0) is 6.85. The van der Waals surface area contributed by atoms with Crippen molar-refractivity contribution in [3.8, 4) is 0 Å². The molecule has 0 bridgehead atoms. The number of hydrogen-bond donors (Lipinski definition) is 1. The molecule has 54 valence electrons. The summed E-state index contributed by atoms with van der Waals surface area (Å²) >= 11 is 0. The minimum absolute atomic E-state index is 0.0788. The lowest BCUT2D eigenvalue weighted by Gasteiger charge is -2.09. The molecule has 2 nitrogen and oxygen atoms in total. The maximum atomic E-state index is 9.26. The van der Waals surface area contributed by atoms with Gasteiger partial charge in [0.1, 0.15) is 0 Å². The molecule has 0 aromatic rings. The predicted molar refractivity (Wildman–Crippen MR) is 37.3 cm³/mol. The number of hydrogen-bond acceptors (Lipinski definition) is 2. The van der Waals surface area contributed by atoms with Crippen LogP contribution in [0.15, 0.2) is 0 Å². The number of aliphatic hydroxyl groups excluding tert-OH is 1. The normalized spacial score (nSPS) is 37.7. The van der Waals surface area contributed by atoms with Gasteiger partial charge in [-0.2, -0.15) is 0 Å². The monoisotopic (exact) mass is 129 g/mol. The largest absolute Gasteiger partial charge is 0.391 e. The summed E-state index contributed by atoms with van der Waals surface area (Å²) < 4.78 is 0. The van der Waals surface area contributed by atoms with Crippen LogP contribution in [0.5, 0.6) is 0 Å². The van der Waals surface area contributed by atoms with Crippen molar-refractivity contribution < 1.29 is 5.11 Å². The minimum atomic E-state index is -0.0788. The van der Waals surface area contributed by atoms with Crippen LogP contribution in [0.4, 0.5) is 0 Å². The molecule has 0 aromatic heterocycles. The Bertz CT molecular complexity index is 84.9. The molecule has 0 saturated carbocycles. The Labute approximate surface area is 56.5 Å². The summed E-state index contributed by atoms with van der Waals surface area (Å²) in [6.07, 6.45) is -0.0788. The predicted octanol–water partition coefficient (Wildman–Crippen LogP) is 0.319. The van der Waals surface area contributed by atoms with Crippen LogP contribution >= 0.6 is 0 Å². The van der Waals surface area contributed by atoms with Crippen LogP contribution in [0.1, 0.15) is 13.8 Å². The van der Waals surface area contributed by atoms with Crippen molar-refractivity contribution in [3.63, 3.8) is 0 Å². The highest BCUT2D eigenvalue weighted by Gasteiger charge is 2.25. The zero-order valence-electron chi connectivity index (χ0n) is 6.17. The number of likely N-dealkylation sites (N-methyl/N-ethyl adjacent to an activating group) is 1. The average Bonchev–Trinajstić information content (AvgIpc) is 2.13. The van der Waals surface area contributed by atoms with Crippen LogP contribution in [0.25, 0.3) is 0 Å². The van der Waals surface area contributed by atoms with Gasteiger partial charge < -0.3 is 10.0 Å². The van der Waals surface area contributed by atoms with E-state index < -0.39 is 0 Å². The molecular formula is C7H15NO. The fourth-order valence-electron chi connectivity index (χ4n) is 1.31. The van der Waals surface area contributed by atoms with Crippen LogP contribution in [-0.4, -0.2) is 35.7 Å². The third-order valence-corrected chi connectivity index (χ3v) is 2.10. The van der Waals surface area contributed by atoms with E-state index in [1.807, 2.05) is 0 Å². The summed E-state index contributed by atoms with van der Waals surface area (Å²) in [5, 5.41) is 9.26. The fourth-order valence-corrected chi connectivity index (χ4v) is 1.31. The Kier molecular flexibility index (Phi) is 2.09. The van der Waals surface area contributed by atoms with Crippen LogP contribution in [0, 0.1) is 5.92 Å². The Morgan fingerprint density at radius 3 is 2.44 bits per heavy atom. The third kappa shape index (κ3) is 1.43. The first kappa shape index (κ1) is 7.03. The number of β-amino-alcohol motifs (C(OH)–C–C–N with tert-alkyl or cyclic N) is 1. The molecule has 0 spiro atoms. The van der Waals surface area contributed by atoms with E-state index in [4.69, 9.17) is 0 Å². The first-order chi connectivity index (χ1) is 4.24. The Morgan fingerprint density at radius 1 is 1.56 bits per heavy atom. The molecule has 1 aliphatic rings. The summed E-state index contributed by atoms with van der Waals surface area (Å²) in [6.45, 7) is 7.24. The summed E-state index contributed by atoms with van der Waals surface area (Å²) in [6, 6.07) is 0. The van der Waals surface area contributed by atoms with Crippen molar-refractivity contribution in [1.82, 2.24) is 4.90 Å². The van der Waals surface area contributed by atoms with Gasteiger partial charge in [0.15, 0.2) is 0 Å². The van der Waals surface area contributed by atoms with E-state index in [2.05, 4.69) is 18.7 Å². The molecule has 1 rings (SSSR count). The molecule has 9 heavy (non-hydrogen) atoms. The van der Waals surface area contributed by atoms with Gasteiger partial charge in [-0.05, 0) is 12.5 Å². The molecule has 1 saturated heterocycles. The van der Waals surface area contributed by atoms with Crippen LogP contribution in [0.3, 0.4) is 0 Å². The van der Waals surface area contributed by atoms with Gasteiger partial charge in [0.2, 0.25) is 0 Å². The molecule has 1 N–H and O–H groups in total. The Hall–Kier alpha value is -0.0800. The number of nitrogens with zero attached hydrogens (tertiary/aromatic N) is 1. The maximum Gasteiger partial charge on any atom is 0.0704 e. The van der Waals surface area contributed by atoms with Crippen molar-refractivity contribution >= 4 is 0 Å². The first-order valence-corrected chi connectivity index (χ1v) is 3.64. The number of aliphatic hydroxyl groups is 1. The molecule has 0 amide bonds. The molecule has 2 atom stereocenters. The van der Waals surface area contributed by atoms with E-state index in [0.717, 1.165) is 19.6 Å². The van der Waals surface area contributed by atoms with E-state index in [1.165, 1.54) is 0 Å².